The molecule has 0 spiro atoms. The van der Waals surface area contributed by atoms with Gasteiger partial charge in [0, 0.05) is 17.7 Å². The van der Waals surface area contributed by atoms with Crippen molar-refractivity contribution in [2.45, 2.75) is 56.6 Å². The number of aliphatic hydroxyl groups is 1. The van der Waals surface area contributed by atoms with Crippen molar-refractivity contribution >= 4 is 11.9 Å². The molecule has 1 heterocycles. The van der Waals surface area contributed by atoms with Gasteiger partial charge in [-0.1, -0.05) is 18.3 Å². The second-order valence-corrected chi connectivity index (χ2v) is 6.90. The van der Waals surface area contributed by atoms with E-state index in [1.807, 2.05) is 0 Å². The molecule has 5 heteroatoms. The van der Waals surface area contributed by atoms with Gasteiger partial charge in [0.25, 0.3) is 5.91 Å². The molecule has 5 nitrogen and oxygen atoms in total. The molecular formula is C20H22NO4-. The molecule has 0 bridgehead atoms. The highest BCUT2D eigenvalue weighted by molar-refractivity contribution is 5.96. The summed E-state index contributed by atoms with van der Waals surface area (Å²) in [6.45, 7) is 0.437. The Morgan fingerprint density at radius 3 is 2.44 bits per heavy atom. The van der Waals surface area contributed by atoms with E-state index in [9.17, 15) is 19.8 Å². The third kappa shape index (κ3) is 4.02. The minimum atomic E-state index is -1.20. The van der Waals surface area contributed by atoms with E-state index in [1.54, 1.807) is 24.3 Å². The molecule has 1 saturated carbocycles. The van der Waals surface area contributed by atoms with E-state index in [4.69, 9.17) is 0 Å². The van der Waals surface area contributed by atoms with Crippen LogP contribution in [0.1, 0.15) is 60.9 Å². The maximum atomic E-state index is 12.5. The van der Waals surface area contributed by atoms with Crippen molar-refractivity contribution in [3.8, 4) is 11.8 Å². The van der Waals surface area contributed by atoms with Gasteiger partial charge in [0.1, 0.15) is 5.60 Å². The SMILES string of the molecule is O=C([O-])[C@H]1CCCN1C(=O)c1ccc(C#CC2(O)CCCCC2)cc1. The Labute approximate surface area is 147 Å². The fourth-order valence-corrected chi connectivity index (χ4v) is 3.57. The Morgan fingerprint density at radius 1 is 1.12 bits per heavy atom. The van der Waals surface area contributed by atoms with E-state index in [-0.39, 0.29) is 5.91 Å². The first kappa shape index (κ1) is 17.5. The summed E-state index contributed by atoms with van der Waals surface area (Å²) < 4.78 is 0. The third-order valence-corrected chi connectivity index (χ3v) is 5.04. The molecule has 2 fully saturated rings. The number of carboxylic acid groups (broad SMARTS) is 1. The number of carbonyl (C=O) groups excluding carboxylic acids is 2. The number of carbonyl (C=O) groups is 2. The Balaban J connectivity index is 1.70. The highest BCUT2D eigenvalue weighted by Crippen LogP contribution is 2.27. The topological polar surface area (TPSA) is 80.7 Å². The second kappa shape index (κ2) is 7.28. The highest BCUT2D eigenvalue weighted by atomic mass is 16.4. The molecule has 0 unspecified atom stereocenters. The van der Waals surface area contributed by atoms with Gasteiger partial charge in [0.2, 0.25) is 0 Å². The lowest BCUT2D eigenvalue weighted by molar-refractivity contribution is -0.310. The minimum Gasteiger partial charge on any atom is -0.548 e. The van der Waals surface area contributed by atoms with E-state index in [1.165, 1.54) is 4.90 Å². The summed E-state index contributed by atoms with van der Waals surface area (Å²) in [4.78, 5) is 25.0. The van der Waals surface area contributed by atoms with Crippen molar-refractivity contribution in [3.63, 3.8) is 0 Å². The quantitative estimate of drug-likeness (QED) is 0.817. The van der Waals surface area contributed by atoms with Crippen LogP contribution in [-0.2, 0) is 4.79 Å². The Kier molecular flexibility index (Phi) is 5.10. The largest absolute Gasteiger partial charge is 0.548 e. The number of carboxylic acids is 1. The van der Waals surface area contributed by atoms with E-state index in [0.717, 1.165) is 24.8 Å². The number of benzene rings is 1. The first-order valence-electron chi connectivity index (χ1n) is 8.86. The molecule has 1 N–H and O–H groups in total. The molecule has 3 rings (SSSR count). The van der Waals surface area contributed by atoms with Crippen molar-refractivity contribution in [3.05, 3.63) is 35.4 Å². The fraction of sp³-hybridized carbons (Fsp3) is 0.500. The normalized spacial score (nSPS) is 22.1. The van der Waals surface area contributed by atoms with Gasteiger partial charge in [-0.05, 0) is 62.8 Å². The average Bonchev–Trinajstić information content (AvgIpc) is 3.11. The summed E-state index contributed by atoms with van der Waals surface area (Å²) in [6.07, 6.45) is 5.65. The van der Waals surface area contributed by atoms with Crippen LogP contribution >= 0.6 is 0 Å². The standard InChI is InChI=1S/C20H23NO4/c22-18(21-14-4-5-17(21)19(23)24)16-8-6-15(7-9-16)10-13-20(25)11-2-1-3-12-20/h6-9,17,25H,1-5,11-12,14H2,(H,23,24)/p-1/t17-/m1/s1. The maximum Gasteiger partial charge on any atom is 0.254 e. The van der Waals surface area contributed by atoms with Crippen molar-refractivity contribution in [2.24, 2.45) is 0 Å². The molecular weight excluding hydrogens is 318 g/mol. The lowest BCUT2D eigenvalue weighted by Crippen LogP contribution is -2.46. The van der Waals surface area contributed by atoms with Gasteiger partial charge in [-0.2, -0.15) is 0 Å². The third-order valence-electron chi connectivity index (χ3n) is 5.04. The van der Waals surface area contributed by atoms with Crippen LogP contribution in [-0.4, -0.2) is 40.1 Å². The summed E-state index contributed by atoms with van der Waals surface area (Å²) in [5.74, 6) is 4.46. The van der Waals surface area contributed by atoms with Gasteiger partial charge in [-0.3, -0.25) is 4.79 Å². The number of rotatable bonds is 2. The lowest BCUT2D eigenvalue weighted by Gasteiger charge is -2.26. The predicted octanol–water partition coefficient (Wildman–Crippen LogP) is 1.09. The van der Waals surface area contributed by atoms with Crippen LogP contribution in [0.4, 0.5) is 0 Å². The fourth-order valence-electron chi connectivity index (χ4n) is 3.57. The molecule has 0 radical (unpaired) electrons. The van der Waals surface area contributed by atoms with Crippen LogP contribution < -0.4 is 5.11 Å². The van der Waals surface area contributed by atoms with Gasteiger partial charge < -0.3 is 19.9 Å². The monoisotopic (exact) mass is 340 g/mol. The van der Waals surface area contributed by atoms with Crippen LogP contribution in [0.15, 0.2) is 24.3 Å². The number of likely N-dealkylation sites (tertiary alicyclic amines) is 1. The van der Waals surface area contributed by atoms with E-state index in [2.05, 4.69) is 11.8 Å². The lowest BCUT2D eigenvalue weighted by atomic mass is 9.85. The minimum absolute atomic E-state index is 0.294. The zero-order valence-corrected chi connectivity index (χ0v) is 14.2. The summed E-state index contributed by atoms with van der Waals surface area (Å²) in [6, 6.07) is 5.93. The van der Waals surface area contributed by atoms with E-state index >= 15 is 0 Å². The van der Waals surface area contributed by atoms with Crippen molar-refractivity contribution < 1.29 is 19.8 Å². The second-order valence-electron chi connectivity index (χ2n) is 6.90. The van der Waals surface area contributed by atoms with Crippen molar-refractivity contribution in [1.82, 2.24) is 4.90 Å². The molecule has 1 aliphatic carbocycles. The Morgan fingerprint density at radius 2 is 1.80 bits per heavy atom. The number of hydrogen-bond acceptors (Lipinski definition) is 4. The van der Waals surface area contributed by atoms with Crippen LogP contribution in [0.5, 0.6) is 0 Å². The first-order chi connectivity index (χ1) is 12.0. The Hall–Kier alpha value is -2.32. The van der Waals surface area contributed by atoms with Crippen LogP contribution in [0.3, 0.4) is 0 Å². The van der Waals surface area contributed by atoms with Gasteiger partial charge >= 0.3 is 0 Å². The van der Waals surface area contributed by atoms with Gasteiger partial charge in [-0.25, -0.2) is 0 Å². The molecule has 1 atom stereocenters. The molecule has 1 amide bonds. The molecule has 0 aromatic heterocycles. The molecule has 1 aromatic carbocycles. The van der Waals surface area contributed by atoms with Crippen LogP contribution in [0, 0.1) is 11.8 Å². The number of nitrogens with zero attached hydrogens (tertiary/aromatic N) is 1. The molecule has 1 aromatic rings. The molecule has 132 valence electrons. The number of aliphatic carboxylic acids is 1. The molecule has 25 heavy (non-hydrogen) atoms. The zero-order valence-electron chi connectivity index (χ0n) is 14.2. The molecule has 2 aliphatic rings. The highest BCUT2D eigenvalue weighted by Gasteiger charge is 2.30. The van der Waals surface area contributed by atoms with Crippen LogP contribution in [0.25, 0.3) is 0 Å². The smallest absolute Gasteiger partial charge is 0.254 e. The summed E-state index contributed by atoms with van der Waals surface area (Å²) >= 11 is 0. The van der Waals surface area contributed by atoms with E-state index in [0.29, 0.717) is 37.8 Å². The number of hydrogen-bond donors (Lipinski definition) is 1. The van der Waals surface area contributed by atoms with Crippen molar-refractivity contribution in [1.29, 1.82) is 0 Å². The Bertz CT molecular complexity index is 707. The summed E-state index contributed by atoms with van der Waals surface area (Å²) in [5, 5.41) is 21.5. The van der Waals surface area contributed by atoms with Crippen LogP contribution in [0.2, 0.25) is 0 Å². The number of amides is 1. The van der Waals surface area contributed by atoms with Crippen molar-refractivity contribution in [2.75, 3.05) is 6.54 Å². The molecule has 1 aliphatic heterocycles. The van der Waals surface area contributed by atoms with Gasteiger partial charge in [0.05, 0.1) is 12.0 Å². The summed E-state index contributed by atoms with van der Waals surface area (Å²) in [5.41, 5.74) is 0.271. The zero-order chi connectivity index (χ0) is 17.9. The summed E-state index contributed by atoms with van der Waals surface area (Å²) in [7, 11) is 0. The van der Waals surface area contributed by atoms with Gasteiger partial charge in [-0.15, -0.1) is 0 Å². The maximum absolute atomic E-state index is 12.5. The average molecular weight is 340 g/mol. The predicted molar refractivity (Wildman–Crippen MR) is 90.4 cm³/mol. The van der Waals surface area contributed by atoms with Gasteiger partial charge in [0.15, 0.2) is 0 Å². The molecule has 1 saturated heterocycles. The van der Waals surface area contributed by atoms with E-state index < -0.39 is 17.6 Å². The first-order valence-corrected chi connectivity index (χ1v) is 8.86.